The van der Waals surface area contributed by atoms with Crippen molar-refractivity contribution in [3.05, 3.63) is 47.4 Å². The van der Waals surface area contributed by atoms with Crippen molar-refractivity contribution >= 4 is 11.9 Å². The molecule has 1 aromatic heterocycles. The van der Waals surface area contributed by atoms with Gasteiger partial charge in [0.05, 0.1) is 0 Å². The average Bonchev–Trinajstić information content (AvgIpc) is 3.08. The Bertz CT molecular complexity index is 804. The molecule has 24 heavy (non-hydrogen) atoms. The highest BCUT2D eigenvalue weighted by Gasteiger charge is 2.50. The van der Waals surface area contributed by atoms with E-state index in [0.29, 0.717) is 5.82 Å². The molecule has 0 spiro atoms. The van der Waals surface area contributed by atoms with Crippen LogP contribution in [0.3, 0.4) is 0 Å². The quantitative estimate of drug-likeness (QED) is 0.868. The van der Waals surface area contributed by atoms with Crippen LogP contribution in [0.15, 0.2) is 28.8 Å². The zero-order chi connectivity index (χ0) is 17.5. The smallest absolute Gasteiger partial charge is 0.325 e. The van der Waals surface area contributed by atoms with E-state index in [9.17, 15) is 14.0 Å². The highest BCUT2D eigenvalue weighted by atomic mass is 19.1. The molecule has 126 valence electrons. The Morgan fingerprint density at radius 3 is 2.67 bits per heavy atom. The maximum absolute atomic E-state index is 14.1. The summed E-state index contributed by atoms with van der Waals surface area (Å²) in [5, 5.41) is 6.35. The Morgan fingerprint density at radius 1 is 1.33 bits per heavy atom. The maximum atomic E-state index is 14.1. The van der Waals surface area contributed by atoms with E-state index in [1.54, 1.807) is 6.07 Å². The second kappa shape index (κ2) is 5.70. The summed E-state index contributed by atoms with van der Waals surface area (Å²) in [6.07, 6.45) is 0. The molecule has 0 saturated carbocycles. The number of rotatable bonds is 4. The number of nitrogens with zero attached hydrogens (tertiary/aromatic N) is 3. The minimum Gasteiger partial charge on any atom is -0.337 e. The van der Waals surface area contributed by atoms with Crippen molar-refractivity contribution < 1.29 is 18.5 Å². The molecule has 8 heteroatoms. The molecule has 0 bridgehead atoms. The molecule has 0 radical (unpaired) electrons. The predicted octanol–water partition coefficient (Wildman–Crippen LogP) is 2.30. The summed E-state index contributed by atoms with van der Waals surface area (Å²) in [5.41, 5.74) is -1.36. The van der Waals surface area contributed by atoms with Gasteiger partial charge in [0.25, 0.3) is 5.91 Å². The van der Waals surface area contributed by atoms with Gasteiger partial charge in [-0.05, 0) is 13.0 Å². The molecular weight excluding hydrogens is 315 g/mol. The van der Waals surface area contributed by atoms with Crippen molar-refractivity contribution in [2.45, 2.75) is 38.8 Å². The van der Waals surface area contributed by atoms with Crippen LogP contribution < -0.4 is 5.32 Å². The average molecular weight is 332 g/mol. The van der Waals surface area contributed by atoms with Gasteiger partial charge in [-0.15, -0.1) is 0 Å². The Morgan fingerprint density at radius 2 is 2.04 bits per heavy atom. The fraction of sp³-hybridized carbons (Fsp3) is 0.375. The van der Waals surface area contributed by atoms with Gasteiger partial charge in [-0.3, -0.25) is 9.69 Å². The summed E-state index contributed by atoms with van der Waals surface area (Å²) in [6.45, 7) is 5.11. The molecule has 3 rings (SSSR count). The van der Waals surface area contributed by atoms with E-state index in [0.717, 1.165) is 4.90 Å². The number of aromatic nitrogens is 2. The number of amides is 3. The molecule has 1 N–H and O–H groups in total. The van der Waals surface area contributed by atoms with Gasteiger partial charge in [-0.2, -0.15) is 4.98 Å². The largest absolute Gasteiger partial charge is 0.337 e. The lowest BCUT2D eigenvalue weighted by Gasteiger charge is -2.22. The van der Waals surface area contributed by atoms with E-state index >= 15 is 0 Å². The van der Waals surface area contributed by atoms with Gasteiger partial charge in [0.2, 0.25) is 5.89 Å². The summed E-state index contributed by atoms with van der Waals surface area (Å²) in [5.74, 6) is -0.416. The number of imide groups is 1. The first-order valence-electron chi connectivity index (χ1n) is 7.54. The van der Waals surface area contributed by atoms with Crippen LogP contribution in [0.25, 0.3) is 0 Å². The third-order valence-corrected chi connectivity index (χ3v) is 3.98. The number of hydrogen-bond acceptors (Lipinski definition) is 5. The van der Waals surface area contributed by atoms with Crippen LogP contribution >= 0.6 is 0 Å². The molecule has 1 atom stereocenters. The monoisotopic (exact) mass is 332 g/mol. The van der Waals surface area contributed by atoms with Crippen LogP contribution in [-0.2, 0) is 16.9 Å². The van der Waals surface area contributed by atoms with Crippen molar-refractivity contribution in [3.8, 4) is 0 Å². The third-order valence-electron chi connectivity index (χ3n) is 3.98. The molecule has 1 aromatic carbocycles. The molecular formula is C16H17FN4O3. The lowest BCUT2D eigenvalue weighted by atomic mass is 9.91. The number of nitrogens with one attached hydrogen (secondary N) is 1. The van der Waals surface area contributed by atoms with Gasteiger partial charge < -0.3 is 9.84 Å². The highest BCUT2D eigenvalue weighted by molar-refractivity contribution is 6.07. The third kappa shape index (κ3) is 2.53. The maximum Gasteiger partial charge on any atom is 0.325 e. The number of carbonyl (C=O) groups is 2. The number of carbonyl (C=O) groups excluding carboxylic acids is 2. The van der Waals surface area contributed by atoms with Gasteiger partial charge in [-0.1, -0.05) is 37.2 Å². The molecule has 1 fully saturated rings. The van der Waals surface area contributed by atoms with E-state index in [2.05, 4.69) is 15.5 Å². The van der Waals surface area contributed by atoms with Gasteiger partial charge in [0.1, 0.15) is 17.9 Å². The van der Waals surface area contributed by atoms with E-state index in [1.165, 1.54) is 25.1 Å². The molecule has 0 unspecified atom stereocenters. The van der Waals surface area contributed by atoms with Crippen LogP contribution in [0.1, 0.15) is 44.0 Å². The van der Waals surface area contributed by atoms with Crippen LogP contribution in [0.2, 0.25) is 0 Å². The van der Waals surface area contributed by atoms with Crippen molar-refractivity contribution in [3.63, 3.8) is 0 Å². The van der Waals surface area contributed by atoms with Gasteiger partial charge >= 0.3 is 6.03 Å². The van der Waals surface area contributed by atoms with Crippen LogP contribution in [0.4, 0.5) is 9.18 Å². The van der Waals surface area contributed by atoms with Gasteiger partial charge in [0, 0.05) is 11.5 Å². The second-order valence-electron chi connectivity index (χ2n) is 6.13. The first kappa shape index (κ1) is 16.1. The summed E-state index contributed by atoms with van der Waals surface area (Å²) >= 11 is 0. The molecule has 2 aromatic rings. The first-order valence-corrected chi connectivity index (χ1v) is 7.54. The van der Waals surface area contributed by atoms with E-state index in [4.69, 9.17) is 4.52 Å². The summed E-state index contributed by atoms with van der Waals surface area (Å²) in [7, 11) is 0. The van der Waals surface area contributed by atoms with E-state index < -0.39 is 23.3 Å². The molecule has 7 nitrogen and oxygen atoms in total. The van der Waals surface area contributed by atoms with Crippen LogP contribution in [0.5, 0.6) is 0 Å². The summed E-state index contributed by atoms with van der Waals surface area (Å²) < 4.78 is 19.1. The highest BCUT2D eigenvalue weighted by Crippen LogP contribution is 2.31. The minimum atomic E-state index is -1.47. The van der Waals surface area contributed by atoms with Crippen LogP contribution in [-0.4, -0.2) is 27.0 Å². The molecule has 1 aliphatic rings. The normalized spacial score (nSPS) is 20.8. The molecule has 1 aliphatic heterocycles. The summed E-state index contributed by atoms with van der Waals surface area (Å²) in [4.78, 5) is 30.0. The fourth-order valence-corrected chi connectivity index (χ4v) is 2.59. The van der Waals surface area contributed by atoms with E-state index in [1.807, 2.05) is 13.8 Å². The van der Waals surface area contributed by atoms with Crippen molar-refractivity contribution in [1.29, 1.82) is 0 Å². The Labute approximate surface area is 137 Å². The number of urea groups is 1. The Balaban J connectivity index is 1.87. The molecule has 3 amide bonds. The summed E-state index contributed by atoms with van der Waals surface area (Å²) in [6, 6.07) is 5.22. The Kier molecular flexibility index (Phi) is 3.82. The van der Waals surface area contributed by atoms with Gasteiger partial charge in [0.15, 0.2) is 5.82 Å². The SMILES string of the molecule is CC(C)c1noc(CN2C(=O)N[C@](C)(c3ccccc3F)C2=O)n1. The molecule has 2 heterocycles. The first-order chi connectivity index (χ1) is 11.3. The van der Waals surface area contributed by atoms with Crippen LogP contribution in [0, 0.1) is 5.82 Å². The van der Waals surface area contributed by atoms with E-state index in [-0.39, 0.29) is 23.9 Å². The predicted molar refractivity (Wildman–Crippen MR) is 81.2 cm³/mol. The van der Waals surface area contributed by atoms with Crippen molar-refractivity contribution in [2.24, 2.45) is 0 Å². The second-order valence-corrected chi connectivity index (χ2v) is 6.13. The Hall–Kier alpha value is -2.77. The molecule has 1 saturated heterocycles. The number of benzene rings is 1. The lowest BCUT2D eigenvalue weighted by Crippen LogP contribution is -2.41. The topological polar surface area (TPSA) is 88.3 Å². The number of hydrogen-bond donors (Lipinski definition) is 1. The lowest BCUT2D eigenvalue weighted by molar-refractivity contribution is -0.131. The number of halogens is 1. The standard InChI is InChI=1S/C16H17FN4O3/c1-9(2)13-18-12(24-20-13)8-21-14(22)16(3,19-15(21)23)10-6-4-5-7-11(10)17/h4-7,9H,8H2,1-3H3,(H,19,23)/t16-/m1/s1. The van der Waals surface area contributed by atoms with Crippen molar-refractivity contribution in [1.82, 2.24) is 20.4 Å². The fourth-order valence-electron chi connectivity index (χ4n) is 2.59. The van der Waals surface area contributed by atoms with Crippen molar-refractivity contribution in [2.75, 3.05) is 0 Å². The molecule has 0 aliphatic carbocycles. The zero-order valence-electron chi connectivity index (χ0n) is 13.5. The minimum absolute atomic E-state index is 0.0642. The zero-order valence-corrected chi connectivity index (χ0v) is 13.5. The van der Waals surface area contributed by atoms with Gasteiger partial charge in [-0.25, -0.2) is 9.18 Å².